The molecule has 0 aliphatic rings. The normalized spacial score (nSPS) is 10.8. The van der Waals surface area contributed by atoms with Crippen LogP contribution in [-0.2, 0) is 14.8 Å². The van der Waals surface area contributed by atoms with E-state index in [0.717, 1.165) is 0 Å². The van der Waals surface area contributed by atoms with Crippen LogP contribution in [-0.4, -0.2) is 34.5 Å². The molecule has 0 radical (unpaired) electrons. The first-order valence-electron chi connectivity index (χ1n) is 9.77. The van der Waals surface area contributed by atoms with Crippen molar-refractivity contribution in [2.75, 3.05) is 29.6 Å². The first kappa shape index (κ1) is 23.6. The Morgan fingerprint density at radius 1 is 0.758 bits per heavy atom. The van der Waals surface area contributed by atoms with Crippen LogP contribution < -0.4 is 24.8 Å². The maximum absolute atomic E-state index is 13.1. The van der Waals surface area contributed by atoms with Gasteiger partial charge in [0.1, 0.15) is 11.5 Å². The van der Waals surface area contributed by atoms with E-state index in [-0.39, 0.29) is 27.7 Å². The third-order valence-electron chi connectivity index (χ3n) is 4.56. The highest BCUT2D eigenvalue weighted by Gasteiger charge is 2.21. The van der Waals surface area contributed by atoms with Crippen molar-refractivity contribution >= 4 is 38.9 Å². The average molecular weight is 470 g/mol. The Bertz CT molecular complexity index is 1290. The van der Waals surface area contributed by atoms with Gasteiger partial charge in [-0.1, -0.05) is 24.3 Å². The number of anilines is 3. The molecular formula is C23H23N3O6S. The van der Waals surface area contributed by atoms with Crippen molar-refractivity contribution in [3.63, 3.8) is 0 Å². The molecule has 9 nitrogen and oxygen atoms in total. The summed E-state index contributed by atoms with van der Waals surface area (Å²) in [6.45, 7) is 1.30. The van der Waals surface area contributed by atoms with E-state index in [2.05, 4.69) is 15.4 Å². The number of amides is 2. The zero-order chi connectivity index (χ0) is 24.0. The summed E-state index contributed by atoms with van der Waals surface area (Å²) >= 11 is 0. The van der Waals surface area contributed by atoms with Gasteiger partial charge in [-0.3, -0.25) is 14.3 Å². The fraction of sp³-hybridized carbons (Fsp3) is 0.130. The van der Waals surface area contributed by atoms with E-state index in [1.165, 1.54) is 51.5 Å². The number of rotatable bonds is 8. The van der Waals surface area contributed by atoms with Crippen LogP contribution in [0.1, 0.15) is 17.3 Å². The van der Waals surface area contributed by atoms with Gasteiger partial charge < -0.3 is 20.1 Å². The minimum atomic E-state index is -4.10. The molecule has 0 unspecified atom stereocenters. The number of carbonyl (C=O) groups excluding carboxylic acids is 2. The fourth-order valence-electron chi connectivity index (χ4n) is 3.05. The van der Waals surface area contributed by atoms with Crippen LogP contribution in [0.5, 0.6) is 11.5 Å². The molecule has 0 saturated carbocycles. The Morgan fingerprint density at radius 2 is 1.36 bits per heavy atom. The summed E-state index contributed by atoms with van der Waals surface area (Å²) in [5.41, 5.74) is 0.845. The molecule has 3 N–H and O–H groups in total. The topological polar surface area (TPSA) is 123 Å². The first-order valence-corrected chi connectivity index (χ1v) is 11.3. The standard InChI is InChI=1S/C23H23N3O6S/c1-15(27)24-20-14-16(12-13-22(20)32-3)33(29,30)26-18-9-5-4-8-17(18)23(28)25-19-10-6-7-11-21(19)31-2/h4-14,26H,1-3H3,(H,24,27)(H,25,28). The van der Waals surface area contributed by atoms with E-state index in [9.17, 15) is 18.0 Å². The number of nitrogens with one attached hydrogen (secondary N) is 3. The van der Waals surface area contributed by atoms with Gasteiger partial charge in [0.2, 0.25) is 5.91 Å². The highest BCUT2D eigenvalue weighted by molar-refractivity contribution is 7.92. The van der Waals surface area contributed by atoms with Gasteiger partial charge in [-0.25, -0.2) is 8.42 Å². The molecule has 172 valence electrons. The smallest absolute Gasteiger partial charge is 0.261 e. The number of hydrogen-bond donors (Lipinski definition) is 3. The molecule has 2 amide bonds. The quantitative estimate of drug-likeness (QED) is 0.462. The summed E-state index contributed by atoms with van der Waals surface area (Å²) in [4.78, 5) is 24.3. The average Bonchev–Trinajstić information content (AvgIpc) is 2.79. The molecule has 0 bridgehead atoms. The van der Waals surface area contributed by atoms with E-state index in [1.807, 2.05) is 0 Å². The molecule has 3 aromatic rings. The van der Waals surface area contributed by atoms with Crippen LogP contribution in [0.4, 0.5) is 17.1 Å². The minimum Gasteiger partial charge on any atom is -0.495 e. The molecule has 0 spiro atoms. The predicted octanol–water partition coefficient (Wildman–Crippen LogP) is 3.72. The van der Waals surface area contributed by atoms with Crippen LogP contribution in [0.25, 0.3) is 0 Å². The molecule has 10 heteroatoms. The molecule has 33 heavy (non-hydrogen) atoms. The summed E-state index contributed by atoms with van der Waals surface area (Å²) in [5, 5.41) is 5.26. The number of carbonyl (C=O) groups is 2. The zero-order valence-electron chi connectivity index (χ0n) is 18.2. The number of ether oxygens (including phenoxy) is 2. The lowest BCUT2D eigenvalue weighted by Gasteiger charge is -2.15. The van der Waals surface area contributed by atoms with E-state index in [0.29, 0.717) is 17.2 Å². The Balaban J connectivity index is 1.91. The van der Waals surface area contributed by atoms with Crippen molar-refractivity contribution in [1.29, 1.82) is 0 Å². The van der Waals surface area contributed by atoms with Crippen LogP contribution in [0.15, 0.2) is 71.6 Å². The van der Waals surface area contributed by atoms with E-state index < -0.39 is 15.9 Å². The van der Waals surface area contributed by atoms with Gasteiger partial charge >= 0.3 is 0 Å². The minimum absolute atomic E-state index is 0.0850. The van der Waals surface area contributed by atoms with Crippen LogP contribution in [0.3, 0.4) is 0 Å². The van der Waals surface area contributed by atoms with Crippen molar-refractivity contribution in [3.8, 4) is 11.5 Å². The van der Waals surface area contributed by atoms with Crippen molar-refractivity contribution in [1.82, 2.24) is 0 Å². The molecule has 0 heterocycles. The highest BCUT2D eigenvalue weighted by atomic mass is 32.2. The molecule has 0 saturated heterocycles. The Kier molecular flexibility index (Phi) is 7.19. The van der Waals surface area contributed by atoms with Crippen LogP contribution in [0.2, 0.25) is 0 Å². The largest absolute Gasteiger partial charge is 0.495 e. The number of para-hydroxylation sites is 3. The fourth-order valence-corrected chi connectivity index (χ4v) is 4.16. The maximum atomic E-state index is 13.1. The molecule has 0 aliphatic heterocycles. The first-order chi connectivity index (χ1) is 15.7. The summed E-state index contributed by atoms with van der Waals surface area (Å²) in [6.07, 6.45) is 0. The number of benzene rings is 3. The Morgan fingerprint density at radius 3 is 2.03 bits per heavy atom. The Hall–Kier alpha value is -4.05. The van der Waals surface area contributed by atoms with Gasteiger partial charge in [0.25, 0.3) is 15.9 Å². The second kappa shape index (κ2) is 10.0. The third kappa shape index (κ3) is 5.60. The van der Waals surface area contributed by atoms with Crippen molar-refractivity contribution in [2.45, 2.75) is 11.8 Å². The summed E-state index contributed by atoms with van der Waals surface area (Å²) < 4.78 is 39.0. The number of hydrogen-bond acceptors (Lipinski definition) is 6. The molecule has 3 aromatic carbocycles. The Labute approximate surface area is 191 Å². The third-order valence-corrected chi connectivity index (χ3v) is 5.93. The van der Waals surface area contributed by atoms with E-state index in [1.54, 1.807) is 36.4 Å². The molecule has 0 fully saturated rings. The molecule has 0 aliphatic carbocycles. The van der Waals surface area contributed by atoms with Gasteiger partial charge in [0.15, 0.2) is 0 Å². The molecule has 0 aromatic heterocycles. The van der Waals surface area contributed by atoms with Gasteiger partial charge in [-0.15, -0.1) is 0 Å². The van der Waals surface area contributed by atoms with Gasteiger partial charge in [-0.2, -0.15) is 0 Å². The lowest BCUT2D eigenvalue weighted by atomic mass is 10.1. The van der Waals surface area contributed by atoms with Crippen molar-refractivity contribution in [2.24, 2.45) is 0 Å². The van der Waals surface area contributed by atoms with E-state index >= 15 is 0 Å². The predicted molar refractivity (Wildman–Crippen MR) is 125 cm³/mol. The van der Waals surface area contributed by atoms with Crippen LogP contribution >= 0.6 is 0 Å². The molecule has 3 rings (SSSR count). The van der Waals surface area contributed by atoms with Crippen molar-refractivity contribution < 1.29 is 27.5 Å². The molecule has 0 atom stereocenters. The van der Waals surface area contributed by atoms with Gasteiger partial charge in [-0.05, 0) is 42.5 Å². The summed E-state index contributed by atoms with van der Waals surface area (Å²) in [7, 11) is -1.21. The maximum Gasteiger partial charge on any atom is 0.261 e. The molecular weight excluding hydrogens is 446 g/mol. The second-order valence-corrected chi connectivity index (χ2v) is 8.53. The lowest BCUT2D eigenvalue weighted by molar-refractivity contribution is -0.114. The van der Waals surface area contributed by atoms with Crippen molar-refractivity contribution in [3.05, 3.63) is 72.3 Å². The second-order valence-electron chi connectivity index (χ2n) is 6.85. The summed E-state index contributed by atoms with van der Waals surface area (Å²) in [5.74, 6) is -0.131. The SMILES string of the molecule is COc1ccc(S(=O)(=O)Nc2ccccc2C(=O)Nc2ccccc2OC)cc1NC(C)=O. The van der Waals surface area contributed by atoms with Gasteiger partial charge in [0.05, 0.1) is 41.7 Å². The number of methoxy groups -OCH3 is 2. The zero-order valence-corrected chi connectivity index (χ0v) is 19.0. The summed E-state index contributed by atoms with van der Waals surface area (Å²) in [6, 6.07) is 17.1. The van der Waals surface area contributed by atoms with Gasteiger partial charge in [0, 0.05) is 6.92 Å². The van der Waals surface area contributed by atoms with Crippen LogP contribution in [0, 0.1) is 0 Å². The number of sulfonamides is 1. The lowest BCUT2D eigenvalue weighted by Crippen LogP contribution is -2.19. The monoisotopic (exact) mass is 469 g/mol. The highest BCUT2D eigenvalue weighted by Crippen LogP contribution is 2.30. The van der Waals surface area contributed by atoms with E-state index in [4.69, 9.17) is 9.47 Å².